The molecular formula is C19H21NO4. The minimum atomic E-state index is -1.01. The summed E-state index contributed by atoms with van der Waals surface area (Å²) in [4.78, 5) is 24.5. The van der Waals surface area contributed by atoms with Crippen LogP contribution in [0.4, 0.5) is 0 Å². The van der Waals surface area contributed by atoms with Crippen LogP contribution >= 0.6 is 0 Å². The summed E-state index contributed by atoms with van der Waals surface area (Å²) in [6, 6.07) is 7.86. The van der Waals surface area contributed by atoms with Gasteiger partial charge in [-0.15, -0.1) is 0 Å². The zero-order chi connectivity index (χ0) is 16.5. The first-order valence-electron chi connectivity index (χ1n) is 8.81. The van der Waals surface area contributed by atoms with Crippen molar-refractivity contribution in [2.45, 2.75) is 50.4 Å². The maximum absolute atomic E-state index is 12.6. The Labute approximate surface area is 140 Å². The van der Waals surface area contributed by atoms with Crippen LogP contribution in [0.5, 0.6) is 0 Å². The Kier molecular flexibility index (Phi) is 2.90. The van der Waals surface area contributed by atoms with E-state index in [9.17, 15) is 14.7 Å². The predicted molar refractivity (Wildman–Crippen MR) is 85.3 cm³/mol. The quantitative estimate of drug-likeness (QED) is 0.879. The van der Waals surface area contributed by atoms with Gasteiger partial charge in [0.25, 0.3) is 0 Å². The van der Waals surface area contributed by atoms with Gasteiger partial charge in [0, 0.05) is 6.42 Å². The molecule has 5 heteroatoms. The SMILES string of the molecule is O=C(CC1(C(=O)O)Cc2ccccc2C1)N[C@@H]1C[C@@H]2O[C@H]1[C@H]1C[C@H]12. The van der Waals surface area contributed by atoms with Crippen molar-refractivity contribution in [1.29, 1.82) is 0 Å². The van der Waals surface area contributed by atoms with Crippen LogP contribution in [-0.2, 0) is 27.2 Å². The lowest BCUT2D eigenvalue weighted by atomic mass is 9.81. The molecule has 2 heterocycles. The summed E-state index contributed by atoms with van der Waals surface area (Å²) in [7, 11) is 0. The molecular weight excluding hydrogens is 306 g/mol. The molecule has 3 fully saturated rings. The van der Waals surface area contributed by atoms with Gasteiger partial charge in [-0.25, -0.2) is 0 Å². The van der Waals surface area contributed by atoms with Gasteiger partial charge in [-0.1, -0.05) is 24.3 Å². The van der Waals surface area contributed by atoms with Gasteiger partial charge in [-0.05, 0) is 48.6 Å². The largest absolute Gasteiger partial charge is 0.481 e. The number of amides is 1. The molecule has 0 unspecified atom stereocenters. The van der Waals surface area contributed by atoms with E-state index in [0.29, 0.717) is 24.9 Å². The Balaban J connectivity index is 1.29. The maximum atomic E-state index is 12.6. The van der Waals surface area contributed by atoms with Crippen molar-refractivity contribution in [3.63, 3.8) is 0 Å². The molecule has 2 saturated heterocycles. The van der Waals surface area contributed by atoms with Crippen LogP contribution in [0.3, 0.4) is 0 Å². The summed E-state index contributed by atoms with van der Waals surface area (Å²) < 4.78 is 5.91. The van der Waals surface area contributed by atoms with Gasteiger partial charge in [0.2, 0.25) is 5.91 Å². The first kappa shape index (κ1) is 14.5. The second-order valence-electron chi connectivity index (χ2n) is 8.00. The molecule has 2 aliphatic heterocycles. The van der Waals surface area contributed by atoms with E-state index in [1.54, 1.807) is 0 Å². The van der Waals surface area contributed by atoms with E-state index in [1.165, 1.54) is 6.42 Å². The molecule has 24 heavy (non-hydrogen) atoms. The summed E-state index contributed by atoms with van der Waals surface area (Å²) in [6.07, 6.45) is 3.50. The fourth-order valence-corrected chi connectivity index (χ4v) is 5.20. The molecule has 5 atom stereocenters. The monoisotopic (exact) mass is 327 g/mol. The molecule has 1 aromatic rings. The molecule has 1 amide bonds. The second kappa shape index (κ2) is 4.82. The van der Waals surface area contributed by atoms with Crippen LogP contribution in [0.1, 0.15) is 30.4 Å². The van der Waals surface area contributed by atoms with Gasteiger partial charge < -0.3 is 15.2 Å². The molecule has 1 aromatic carbocycles. The van der Waals surface area contributed by atoms with Crippen LogP contribution in [0.25, 0.3) is 0 Å². The lowest BCUT2D eigenvalue weighted by Gasteiger charge is -2.26. The van der Waals surface area contributed by atoms with E-state index in [1.807, 2.05) is 24.3 Å². The van der Waals surface area contributed by atoms with Crippen molar-refractivity contribution in [1.82, 2.24) is 5.32 Å². The number of fused-ring (bicyclic) bond motifs is 6. The van der Waals surface area contributed by atoms with Gasteiger partial charge in [0.1, 0.15) is 0 Å². The van der Waals surface area contributed by atoms with E-state index in [-0.39, 0.29) is 24.5 Å². The van der Waals surface area contributed by atoms with Crippen molar-refractivity contribution in [2.24, 2.45) is 17.3 Å². The highest BCUT2D eigenvalue weighted by molar-refractivity contribution is 5.86. The van der Waals surface area contributed by atoms with Crippen LogP contribution in [0.15, 0.2) is 24.3 Å². The van der Waals surface area contributed by atoms with E-state index < -0.39 is 11.4 Å². The molecule has 0 aromatic heterocycles. The molecule has 2 aliphatic carbocycles. The molecule has 0 spiro atoms. The Hall–Kier alpha value is -1.88. The third-order valence-corrected chi connectivity index (χ3v) is 6.48. The number of benzene rings is 1. The zero-order valence-electron chi connectivity index (χ0n) is 13.4. The fourth-order valence-electron chi connectivity index (χ4n) is 5.20. The molecule has 4 aliphatic rings. The van der Waals surface area contributed by atoms with E-state index in [0.717, 1.165) is 23.5 Å². The highest BCUT2D eigenvalue weighted by Gasteiger charge is 2.63. The molecule has 126 valence electrons. The number of ether oxygens (including phenoxy) is 1. The van der Waals surface area contributed by atoms with E-state index >= 15 is 0 Å². The topological polar surface area (TPSA) is 75.6 Å². The number of hydrogen-bond acceptors (Lipinski definition) is 3. The van der Waals surface area contributed by atoms with E-state index in [2.05, 4.69) is 5.32 Å². The smallest absolute Gasteiger partial charge is 0.310 e. The average Bonchev–Trinajstić information content (AvgIpc) is 2.95. The molecule has 0 radical (unpaired) electrons. The van der Waals surface area contributed by atoms with Gasteiger partial charge >= 0.3 is 5.97 Å². The molecule has 5 nitrogen and oxygen atoms in total. The molecule has 2 bridgehead atoms. The number of aliphatic carboxylic acids is 1. The van der Waals surface area contributed by atoms with Gasteiger partial charge in [0.05, 0.1) is 23.7 Å². The van der Waals surface area contributed by atoms with Crippen molar-refractivity contribution in [2.75, 3.05) is 0 Å². The minimum Gasteiger partial charge on any atom is -0.481 e. The van der Waals surface area contributed by atoms with Crippen LogP contribution in [0.2, 0.25) is 0 Å². The second-order valence-corrected chi connectivity index (χ2v) is 8.00. The number of carbonyl (C=O) groups excluding carboxylic acids is 1. The summed E-state index contributed by atoms with van der Waals surface area (Å²) in [6.45, 7) is 0. The summed E-state index contributed by atoms with van der Waals surface area (Å²) in [5.74, 6) is 0.319. The standard InChI is InChI=1S/C19H21NO4/c21-16(20-14-6-15-12-5-13(12)17(14)24-15)9-19(18(22)23)7-10-3-1-2-4-11(10)8-19/h1-4,12-15,17H,5-9H2,(H,20,21)(H,22,23)/t12-,13+,14-,15+,17+/m1/s1. The number of nitrogens with one attached hydrogen (secondary N) is 1. The average molecular weight is 327 g/mol. The maximum Gasteiger partial charge on any atom is 0.310 e. The number of carbonyl (C=O) groups is 2. The van der Waals surface area contributed by atoms with Crippen molar-refractivity contribution >= 4 is 11.9 Å². The normalized spacial score (nSPS) is 36.9. The Bertz CT molecular complexity index is 705. The van der Waals surface area contributed by atoms with Crippen molar-refractivity contribution < 1.29 is 19.4 Å². The van der Waals surface area contributed by atoms with E-state index in [4.69, 9.17) is 4.74 Å². The highest BCUT2D eigenvalue weighted by Crippen LogP contribution is 2.58. The third-order valence-electron chi connectivity index (χ3n) is 6.48. The fraction of sp³-hybridized carbons (Fsp3) is 0.579. The van der Waals surface area contributed by atoms with Crippen LogP contribution in [0, 0.1) is 17.3 Å². The lowest BCUT2D eigenvalue weighted by Crippen LogP contribution is -2.45. The van der Waals surface area contributed by atoms with Gasteiger partial charge in [-0.3, -0.25) is 9.59 Å². The van der Waals surface area contributed by atoms with Crippen molar-refractivity contribution in [3.05, 3.63) is 35.4 Å². The molecule has 5 rings (SSSR count). The van der Waals surface area contributed by atoms with Gasteiger partial charge in [0.15, 0.2) is 0 Å². The third kappa shape index (κ3) is 2.04. The van der Waals surface area contributed by atoms with Crippen LogP contribution in [-0.4, -0.2) is 35.2 Å². The highest BCUT2D eigenvalue weighted by atomic mass is 16.5. The number of carboxylic acid groups (broad SMARTS) is 1. The Morgan fingerprint density at radius 3 is 2.46 bits per heavy atom. The molecule has 1 saturated carbocycles. The summed E-state index contributed by atoms with van der Waals surface area (Å²) >= 11 is 0. The minimum absolute atomic E-state index is 0.0407. The number of hydrogen-bond donors (Lipinski definition) is 2. The Morgan fingerprint density at radius 1 is 1.17 bits per heavy atom. The van der Waals surface area contributed by atoms with Gasteiger partial charge in [-0.2, -0.15) is 0 Å². The number of carboxylic acids is 1. The lowest BCUT2D eigenvalue weighted by molar-refractivity contribution is -0.151. The summed E-state index contributed by atoms with van der Waals surface area (Å²) in [5, 5.41) is 12.9. The molecule has 2 N–H and O–H groups in total. The van der Waals surface area contributed by atoms with Crippen LogP contribution < -0.4 is 5.32 Å². The zero-order valence-corrected chi connectivity index (χ0v) is 13.4. The first-order chi connectivity index (χ1) is 11.6. The Morgan fingerprint density at radius 2 is 1.88 bits per heavy atom. The first-order valence-corrected chi connectivity index (χ1v) is 8.81. The summed E-state index contributed by atoms with van der Waals surface area (Å²) in [5.41, 5.74) is 1.10. The predicted octanol–water partition coefficient (Wildman–Crippen LogP) is 1.54. The van der Waals surface area contributed by atoms with Crippen molar-refractivity contribution in [3.8, 4) is 0 Å². The number of rotatable bonds is 4.